The number of carbonyl (C=O) groups is 4. The number of methoxy groups -OCH3 is 1. The van der Waals surface area contributed by atoms with E-state index in [0.29, 0.717) is 21.5 Å². The fourth-order valence-corrected chi connectivity index (χ4v) is 5.13. The molecule has 0 spiro atoms. The largest absolute Gasteiger partial charge is 0.493 e. The number of imide groups is 2. The molecule has 9 nitrogen and oxygen atoms in total. The Kier molecular flexibility index (Phi) is 8.35. The number of urea groups is 1. The van der Waals surface area contributed by atoms with Crippen molar-refractivity contribution in [2.75, 3.05) is 18.6 Å². The molecule has 0 unspecified atom stereocenters. The third kappa shape index (κ3) is 5.75. The van der Waals surface area contributed by atoms with Gasteiger partial charge in [-0.05, 0) is 87.2 Å². The highest BCUT2D eigenvalue weighted by Gasteiger charge is 2.37. The number of carbonyl (C=O) groups excluding carboxylic acids is 4. The van der Waals surface area contributed by atoms with Crippen molar-refractivity contribution in [3.05, 3.63) is 106 Å². The van der Waals surface area contributed by atoms with E-state index in [1.165, 1.54) is 37.5 Å². The number of nitrogens with zero attached hydrogens (tertiary/aromatic N) is 1. The quantitative estimate of drug-likeness (QED) is 0.144. The highest BCUT2D eigenvalue weighted by Crippen LogP contribution is 2.38. The summed E-state index contributed by atoms with van der Waals surface area (Å²) in [5, 5.41) is 4.37. The average Bonchev–Trinajstić information content (AvgIpc) is 2.99. The first-order chi connectivity index (χ1) is 20.3. The third-order valence-corrected chi connectivity index (χ3v) is 7.14. The highest BCUT2D eigenvalue weighted by atomic mass is 79.9. The van der Waals surface area contributed by atoms with E-state index in [0.717, 1.165) is 21.2 Å². The van der Waals surface area contributed by atoms with Gasteiger partial charge in [0, 0.05) is 0 Å². The Morgan fingerprint density at radius 3 is 2.45 bits per heavy atom. The molecule has 0 aliphatic carbocycles. The van der Waals surface area contributed by atoms with E-state index in [1.807, 2.05) is 42.5 Å². The highest BCUT2D eigenvalue weighted by molar-refractivity contribution is 9.10. The predicted octanol–water partition coefficient (Wildman–Crippen LogP) is 6.03. The van der Waals surface area contributed by atoms with Gasteiger partial charge in [0.05, 0.1) is 29.4 Å². The lowest BCUT2D eigenvalue weighted by Gasteiger charge is -2.26. The number of rotatable bonds is 8. The minimum atomic E-state index is -0.901. The second-order valence-electron chi connectivity index (χ2n) is 9.19. The van der Waals surface area contributed by atoms with Gasteiger partial charge >= 0.3 is 12.0 Å². The van der Waals surface area contributed by atoms with Crippen LogP contribution in [0.15, 0.2) is 88.9 Å². The van der Waals surface area contributed by atoms with Gasteiger partial charge in [-0.3, -0.25) is 14.9 Å². The normalized spacial score (nSPS) is 14.2. The molecule has 42 heavy (non-hydrogen) atoms. The molecule has 4 aromatic carbocycles. The van der Waals surface area contributed by atoms with Gasteiger partial charge < -0.3 is 14.2 Å². The van der Waals surface area contributed by atoms with Gasteiger partial charge in [0.2, 0.25) is 0 Å². The van der Waals surface area contributed by atoms with Gasteiger partial charge in [0.25, 0.3) is 11.8 Å². The van der Waals surface area contributed by atoms with Crippen molar-refractivity contribution in [3.8, 4) is 11.5 Å². The number of barbiturate groups is 1. The Morgan fingerprint density at radius 1 is 0.976 bits per heavy atom. The smallest absolute Gasteiger partial charge is 0.338 e. The van der Waals surface area contributed by atoms with Crippen molar-refractivity contribution in [1.29, 1.82) is 0 Å². The molecule has 4 amide bonds. The van der Waals surface area contributed by atoms with E-state index in [9.17, 15) is 19.2 Å². The molecule has 0 saturated carbocycles. The summed E-state index contributed by atoms with van der Waals surface area (Å²) >= 11 is 3.52. The maximum atomic E-state index is 13.4. The number of hydrogen-bond donors (Lipinski definition) is 1. The standard InChI is InChI=1S/C32H25BrN2O7/c1-3-41-31(38)21-11-13-23(14-12-21)35-30(37)25(29(36)34-32(35)39)15-19-16-26(33)28(27(17-19)40-2)42-18-22-9-6-8-20-7-4-5-10-24(20)22/h4-17H,3,18H2,1-2H3,(H,34,36,39)/b25-15+. The number of halogens is 1. The van der Waals surface area contributed by atoms with Gasteiger partial charge in [0.1, 0.15) is 12.2 Å². The monoisotopic (exact) mass is 628 g/mol. The molecular weight excluding hydrogens is 604 g/mol. The van der Waals surface area contributed by atoms with Crippen LogP contribution in [0.5, 0.6) is 11.5 Å². The fourth-order valence-electron chi connectivity index (χ4n) is 4.55. The second kappa shape index (κ2) is 12.3. The number of amides is 4. The van der Waals surface area contributed by atoms with E-state index in [2.05, 4.69) is 21.2 Å². The van der Waals surface area contributed by atoms with Crippen molar-refractivity contribution in [1.82, 2.24) is 5.32 Å². The van der Waals surface area contributed by atoms with E-state index < -0.39 is 23.8 Å². The Bertz CT molecular complexity index is 1740. The molecule has 1 N–H and O–H groups in total. The summed E-state index contributed by atoms with van der Waals surface area (Å²) in [6.07, 6.45) is 1.37. The molecule has 0 atom stereocenters. The average molecular weight is 629 g/mol. The predicted molar refractivity (Wildman–Crippen MR) is 160 cm³/mol. The molecule has 4 aromatic rings. The molecule has 0 radical (unpaired) electrons. The second-order valence-corrected chi connectivity index (χ2v) is 10.0. The molecular formula is C32H25BrN2O7. The number of anilines is 1. The van der Waals surface area contributed by atoms with Crippen LogP contribution in [0.25, 0.3) is 16.8 Å². The minimum Gasteiger partial charge on any atom is -0.493 e. The fraction of sp³-hybridized carbons (Fsp3) is 0.125. The van der Waals surface area contributed by atoms with Crippen molar-refractivity contribution in [2.45, 2.75) is 13.5 Å². The molecule has 0 bridgehead atoms. The zero-order valence-electron chi connectivity index (χ0n) is 22.7. The first-order valence-corrected chi connectivity index (χ1v) is 13.8. The molecule has 10 heteroatoms. The van der Waals surface area contributed by atoms with Crippen LogP contribution in [0, 0.1) is 0 Å². The number of fused-ring (bicyclic) bond motifs is 1. The Labute approximate surface area is 249 Å². The zero-order valence-corrected chi connectivity index (χ0v) is 24.3. The van der Waals surface area contributed by atoms with Crippen LogP contribution >= 0.6 is 15.9 Å². The van der Waals surface area contributed by atoms with Crippen LogP contribution in [0.4, 0.5) is 10.5 Å². The Morgan fingerprint density at radius 2 is 1.71 bits per heavy atom. The summed E-state index contributed by atoms with van der Waals surface area (Å²) in [4.78, 5) is 51.5. The SMILES string of the molecule is CCOC(=O)c1ccc(N2C(=O)NC(=O)/C(=C\c3cc(Br)c(OCc4cccc5ccccc45)c(OC)c3)C2=O)cc1. The first kappa shape index (κ1) is 28.6. The lowest BCUT2D eigenvalue weighted by molar-refractivity contribution is -0.122. The van der Waals surface area contributed by atoms with Crippen molar-refractivity contribution >= 4 is 62.3 Å². The Balaban J connectivity index is 1.41. The van der Waals surface area contributed by atoms with E-state index >= 15 is 0 Å². The molecule has 1 aliphatic rings. The Hall–Kier alpha value is -4.96. The van der Waals surface area contributed by atoms with Crippen molar-refractivity contribution < 1.29 is 33.4 Å². The number of ether oxygens (including phenoxy) is 3. The molecule has 212 valence electrons. The van der Waals surface area contributed by atoms with Crippen LogP contribution in [-0.2, 0) is 20.9 Å². The van der Waals surface area contributed by atoms with Gasteiger partial charge in [-0.15, -0.1) is 0 Å². The number of esters is 1. The zero-order chi connectivity index (χ0) is 29.8. The van der Waals surface area contributed by atoms with E-state index in [-0.39, 0.29) is 30.0 Å². The minimum absolute atomic E-state index is 0.180. The summed E-state index contributed by atoms with van der Waals surface area (Å²) in [5.74, 6) is -1.36. The third-order valence-electron chi connectivity index (χ3n) is 6.55. The topological polar surface area (TPSA) is 111 Å². The van der Waals surface area contributed by atoms with Crippen LogP contribution in [-0.4, -0.2) is 37.5 Å². The number of nitrogens with one attached hydrogen (secondary N) is 1. The maximum Gasteiger partial charge on any atom is 0.338 e. The van der Waals surface area contributed by atoms with Crippen LogP contribution in [0.3, 0.4) is 0 Å². The number of hydrogen-bond acceptors (Lipinski definition) is 7. The van der Waals surface area contributed by atoms with Crippen molar-refractivity contribution in [3.63, 3.8) is 0 Å². The molecule has 1 fully saturated rings. The summed E-state index contributed by atoms with van der Waals surface area (Å²) in [7, 11) is 1.49. The van der Waals surface area contributed by atoms with E-state index in [1.54, 1.807) is 19.1 Å². The number of benzene rings is 4. The van der Waals surface area contributed by atoms with Gasteiger partial charge in [-0.25, -0.2) is 14.5 Å². The van der Waals surface area contributed by atoms with Crippen LogP contribution in [0.2, 0.25) is 0 Å². The van der Waals surface area contributed by atoms with Gasteiger partial charge in [0.15, 0.2) is 11.5 Å². The molecule has 1 heterocycles. The lowest BCUT2D eigenvalue weighted by Crippen LogP contribution is -2.54. The van der Waals surface area contributed by atoms with Gasteiger partial charge in [-0.1, -0.05) is 42.5 Å². The summed E-state index contributed by atoms with van der Waals surface area (Å²) in [6.45, 7) is 2.18. The first-order valence-electron chi connectivity index (χ1n) is 13.0. The maximum absolute atomic E-state index is 13.4. The molecule has 1 saturated heterocycles. The molecule has 5 rings (SSSR count). The van der Waals surface area contributed by atoms with Gasteiger partial charge in [-0.2, -0.15) is 0 Å². The summed E-state index contributed by atoms with van der Waals surface area (Å²) in [6, 6.07) is 22.2. The molecule has 0 aromatic heterocycles. The summed E-state index contributed by atoms with van der Waals surface area (Å²) < 4.78 is 17.2. The lowest BCUT2D eigenvalue weighted by atomic mass is 10.1. The summed E-state index contributed by atoms with van der Waals surface area (Å²) in [5.41, 5.74) is 1.64. The molecule has 1 aliphatic heterocycles. The van der Waals surface area contributed by atoms with Crippen molar-refractivity contribution in [2.24, 2.45) is 0 Å². The van der Waals surface area contributed by atoms with E-state index in [4.69, 9.17) is 14.2 Å². The van der Waals surface area contributed by atoms with Crippen LogP contribution < -0.4 is 19.7 Å². The van der Waals surface area contributed by atoms with Crippen LogP contribution in [0.1, 0.15) is 28.4 Å².